The molecule has 0 fully saturated rings. The molecule has 0 amide bonds. The zero-order valence-electron chi connectivity index (χ0n) is 7.65. The molecular weight excluding hydrogens is 122 g/mol. The van der Waals surface area contributed by atoms with Crippen LogP contribution in [0.25, 0.3) is 0 Å². The Morgan fingerprint density at radius 3 is 2.30 bits per heavy atom. The molecule has 1 atom stereocenters. The molecule has 0 aliphatic heterocycles. The summed E-state index contributed by atoms with van der Waals surface area (Å²) in [6.45, 7) is 12.3. The number of rotatable bonds is 4. The van der Waals surface area contributed by atoms with Gasteiger partial charge in [-0.25, -0.2) is 0 Å². The SMILES string of the molecule is C=NC(C)(C)C(C)CCC. The molecule has 0 N–H and O–H groups in total. The molecule has 1 heteroatoms. The lowest BCUT2D eigenvalue weighted by Crippen LogP contribution is -2.26. The van der Waals surface area contributed by atoms with E-state index in [1.807, 2.05) is 0 Å². The van der Waals surface area contributed by atoms with Crippen molar-refractivity contribution >= 4 is 6.72 Å². The van der Waals surface area contributed by atoms with Crippen LogP contribution in [0.5, 0.6) is 0 Å². The fourth-order valence-corrected chi connectivity index (χ4v) is 0.942. The van der Waals surface area contributed by atoms with Gasteiger partial charge in [-0.1, -0.05) is 20.3 Å². The van der Waals surface area contributed by atoms with Gasteiger partial charge in [0.1, 0.15) is 0 Å². The summed E-state index contributed by atoms with van der Waals surface area (Å²) < 4.78 is 0. The summed E-state index contributed by atoms with van der Waals surface area (Å²) in [7, 11) is 0. The lowest BCUT2D eigenvalue weighted by atomic mass is 9.86. The molecule has 1 unspecified atom stereocenters. The second kappa shape index (κ2) is 3.75. The van der Waals surface area contributed by atoms with Crippen molar-refractivity contribution in [3.63, 3.8) is 0 Å². The summed E-state index contributed by atoms with van der Waals surface area (Å²) in [4.78, 5) is 4.09. The molecule has 0 aliphatic carbocycles. The molecule has 0 aromatic heterocycles. The Morgan fingerprint density at radius 1 is 1.50 bits per heavy atom. The molecule has 0 bridgehead atoms. The third-order valence-electron chi connectivity index (χ3n) is 2.34. The molecule has 0 saturated carbocycles. The van der Waals surface area contributed by atoms with Crippen LogP contribution in [-0.2, 0) is 0 Å². The summed E-state index contributed by atoms with van der Waals surface area (Å²) in [5.74, 6) is 0.648. The van der Waals surface area contributed by atoms with E-state index in [1.165, 1.54) is 12.8 Å². The highest BCUT2D eigenvalue weighted by molar-refractivity contribution is 5.25. The third-order valence-corrected chi connectivity index (χ3v) is 2.34. The Bertz CT molecular complexity index is 105. The van der Waals surface area contributed by atoms with Crippen molar-refractivity contribution < 1.29 is 0 Å². The van der Waals surface area contributed by atoms with E-state index in [2.05, 4.69) is 39.4 Å². The normalized spacial score (nSPS) is 14.8. The van der Waals surface area contributed by atoms with Crippen LogP contribution >= 0.6 is 0 Å². The number of hydrogen-bond donors (Lipinski definition) is 0. The minimum Gasteiger partial charge on any atom is -0.295 e. The van der Waals surface area contributed by atoms with Gasteiger partial charge in [-0.15, -0.1) is 0 Å². The Hall–Kier alpha value is -0.330. The van der Waals surface area contributed by atoms with Gasteiger partial charge in [0, 0.05) is 0 Å². The van der Waals surface area contributed by atoms with E-state index >= 15 is 0 Å². The van der Waals surface area contributed by atoms with E-state index in [4.69, 9.17) is 0 Å². The summed E-state index contributed by atoms with van der Waals surface area (Å²) in [6.07, 6.45) is 2.48. The van der Waals surface area contributed by atoms with Crippen LogP contribution in [-0.4, -0.2) is 12.3 Å². The van der Waals surface area contributed by atoms with E-state index in [-0.39, 0.29) is 5.54 Å². The number of aliphatic imine (C=N–C) groups is 1. The molecule has 0 spiro atoms. The van der Waals surface area contributed by atoms with Crippen LogP contribution in [0.1, 0.15) is 40.5 Å². The van der Waals surface area contributed by atoms with Gasteiger partial charge in [-0.2, -0.15) is 0 Å². The van der Waals surface area contributed by atoms with Crippen molar-refractivity contribution in [2.24, 2.45) is 10.9 Å². The average molecular weight is 141 g/mol. The molecule has 0 aromatic carbocycles. The van der Waals surface area contributed by atoms with E-state index in [1.54, 1.807) is 0 Å². The topological polar surface area (TPSA) is 12.4 Å². The number of hydrogen-bond acceptors (Lipinski definition) is 1. The van der Waals surface area contributed by atoms with E-state index < -0.39 is 0 Å². The van der Waals surface area contributed by atoms with Crippen molar-refractivity contribution in [1.82, 2.24) is 0 Å². The first-order valence-corrected chi connectivity index (χ1v) is 4.02. The summed E-state index contributed by atoms with van der Waals surface area (Å²) in [5, 5.41) is 0. The van der Waals surface area contributed by atoms with Gasteiger partial charge in [0.05, 0.1) is 5.54 Å². The predicted molar refractivity (Wildman–Crippen MR) is 47.7 cm³/mol. The minimum atomic E-state index is 0.0655. The van der Waals surface area contributed by atoms with E-state index in [0.717, 1.165) is 0 Å². The zero-order chi connectivity index (χ0) is 8.20. The van der Waals surface area contributed by atoms with Gasteiger partial charge in [0.25, 0.3) is 0 Å². The maximum absolute atomic E-state index is 4.09. The van der Waals surface area contributed by atoms with Crippen LogP contribution in [0.2, 0.25) is 0 Å². The fourth-order valence-electron chi connectivity index (χ4n) is 0.942. The molecule has 0 rings (SSSR count). The first-order chi connectivity index (χ1) is 4.54. The standard InChI is InChI=1S/C9H19N/c1-6-7-8(2)9(3,4)10-5/h8H,5-7H2,1-4H3. The first kappa shape index (κ1) is 9.67. The molecule has 0 heterocycles. The molecule has 0 radical (unpaired) electrons. The van der Waals surface area contributed by atoms with Gasteiger partial charge in [-0.05, 0) is 32.9 Å². The van der Waals surface area contributed by atoms with Crippen LogP contribution < -0.4 is 0 Å². The monoisotopic (exact) mass is 141 g/mol. The second-order valence-corrected chi connectivity index (χ2v) is 3.50. The van der Waals surface area contributed by atoms with Crippen molar-refractivity contribution in [3.05, 3.63) is 0 Å². The molecule has 60 valence electrons. The van der Waals surface area contributed by atoms with Crippen LogP contribution in [0.3, 0.4) is 0 Å². The Morgan fingerprint density at radius 2 is 2.00 bits per heavy atom. The minimum absolute atomic E-state index is 0.0655. The highest BCUT2D eigenvalue weighted by Gasteiger charge is 2.22. The molecule has 0 aliphatic rings. The molecule has 0 aromatic rings. The van der Waals surface area contributed by atoms with Gasteiger partial charge in [0.2, 0.25) is 0 Å². The van der Waals surface area contributed by atoms with Crippen molar-refractivity contribution in [2.45, 2.75) is 46.1 Å². The van der Waals surface area contributed by atoms with Gasteiger partial charge >= 0.3 is 0 Å². The highest BCUT2D eigenvalue weighted by Crippen LogP contribution is 2.24. The zero-order valence-corrected chi connectivity index (χ0v) is 7.65. The molecular formula is C9H19N. The second-order valence-electron chi connectivity index (χ2n) is 3.50. The van der Waals surface area contributed by atoms with Crippen molar-refractivity contribution in [2.75, 3.05) is 0 Å². The van der Waals surface area contributed by atoms with E-state index in [0.29, 0.717) is 5.92 Å². The van der Waals surface area contributed by atoms with Gasteiger partial charge in [0.15, 0.2) is 0 Å². The molecule has 10 heavy (non-hydrogen) atoms. The summed E-state index contributed by atoms with van der Waals surface area (Å²) >= 11 is 0. The molecule has 0 saturated heterocycles. The lowest BCUT2D eigenvalue weighted by molar-refractivity contribution is 0.329. The van der Waals surface area contributed by atoms with Crippen LogP contribution in [0, 0.1) is 5.92 Å². The maximum Gasteiger partial charge on any atom is 0.0570 e. The van der Waals surface area contributed by atoms with Gasteiger partial charge < -0.3 is 0 Å². The largest absolute Gasteiger partial charge is 0.295 e. The van der Waals surface area contributed by atoms with Crippen molar-refractivity contribution in [3.8, 4) is 0 Å². The maximum atomic E-state index is 4.09. The first-order valence-electron chi connectivity index (χ1n) is 4.02. The Kier molecular flexibility index (Phi) is 3.62. The number of nitrogens with zero attached hydrogens (tertiary/aromatic N) is 1. The Balaban J connectivity index is 3.90. The predicted octanol–water partition coefficient (Wildman–Crippen LogP) is 2.90. The van der Waals surface area contributed by atoms with Crippen LogP contribution in [0.4, 0.5) is 0 Å². The quantitative estimate of drug-likeness (QED) is 0.534. The third kappa shape index (κ3) is 2.51. The molecule has 1 nitrogen and oxygen atoms in total. The smallest absolute Gasteiger partial charge is 0.0570 e. The van der Waals surface area contributed by atoms with Crippen molar-refractivity contribution in [1.29, 1.82) is 0 Å². The average Bonchev–Trinajstić information content (AvgIpc) is 1.89. The summed E-state index contributed by atoms with van der Waals surface area (Å²) in [6, 6.07) is 0. The van der Waals surface area contributed by atoms with Crippen LogP contribution in [0.15, 0.2) is 4.99 Å². The fraction of sp³-hybridized carbons (Fsp3) is 0.889. The highest BCUT2D eigenvalue weighted by atomic mass is 14.8. The lowest BCUT2D eigenvalue weighted by Gasteiger charge is -2.26. The van der Waals surface area contributed by atoms with Gasteiger partial charge in [-0.3, -0.25) is 4.99 Å². The van der Waals surface area contributed by atoms with E-state index in [9.17, 15) is 0 Å². The Labute approximate surface area is 64.6 Å². The summed E-state index contributed by atoms with van der Waals surface area (Å²) in [5.41, 5.74) is 0.0655.